The Hall–Kier alpha value is -2.70. The van der Waals surface area contributed by atoms with E-state index in [2.05, 4.69) is 14.7 Å². The van der Waals surface area contributed by atoms with Crippen molar-refractivity contribution in [3.8, 4) is 6.07 Å². The fraction of sp³-hybridized carbons (Fsp3) is 0.267. The van der Waals surface area contributed by atoms with Crippen molar-refractivity contribution in [2.24, 2.45) is 0 Å². The van der Waals surface area contributed by atoms with E-state index in [1.54, 1.807) is 0 Å². The molecule has 0 saturated carbocycles. The van der Waals surface area contributed by atoms with Gasteiger partial charge in [-0.1, -0.05) is 0 Å². The van der Waals surface area contributed by atoms with Gasteiger partial charge in [0.1, 0.15) is 0 Å². The van der Waals surface area contributed by atoms with Gasteiger partial charge in [-0.05, 0) is 24.3 Å². The first-order chi connectivity index (χ1) is 11.6. The number of morpholine rings is 1. The summed E-state index contributed by atoms with van der Waals surface area (Å²) in [4.78, 5) is 10.4. The van der Waals surface area contributed by atoms with Crippen LogP contribution in [0.15, 0.2) is 41.6 Å². The molecule has 1 aromatic carbocycles. The second-order valence-electron chi connectivity index (χ2n) is 5.11. The molecule has 1 aliphatic rings. The normalized spacial score (nSPS) is 14.9. The van der Waals surface area contributed by atoms with Crippen LogP contribution in [0.25, 0.3) is 0 Å². The van der Waals surface area contributed by atoms with E-state index in [0.29, 0.717) is 37.8 Å². The maximum atomic E-state index is 12.3. The third kappa shape index (κ3) is 3.61. The van der Waals surface area contributed by atoms with Crippen LogP contribution in [0.4, 0.5) is 11.6 Å². The van der Waals surface area contributed by atoms with Gasteiger partial charge < -0.3 is 9.64 Å². The summed E-state index contributed by atoms with van der Waals surface area (Å²) in [6, 6.07) is 7.60. The molecule has 1 aromatic heterocycles. The van der Waals surface area contributed by atoms with E-state index in [1.807, 2.05) is 11.0 Å². The van der Waals surface area contributed by atoms with Crippen LogP contribution in [0, 0.1) is 11.3 Å². The molecule has 124 valence electrons. The van der Waals surface area contributed by atoms with E-state index >= 15 is 0 Å². The zero-order valence-electron chi connectivity index (χ0n) is 12.7. The molecule has 3 rings (SSSR count). The Morgan fingerprint density at radius 1 is 1.12 bits per heavy atom. The molecule has 1 saturated heterocycles. The van der Waals surface area contributed by atoms with Gasteiger partial charge in [0.05, 0.1) is 47.8 Å². The van der Waals surface area contributed by atoms with Gasteiger partial charge in [0, 0.05) is 13.1 Å². The Labute approximate surface area is 139 Å². The molecule has 0 spiro atoms. The molecule has 0 unspecified atom stereocenters. The number of nitriles is 1. The Kier molecular flexibility index (Phi) is 4.59. The molecule has 0 radical (unpaired) electrons. The summed E-state index contributed by atoms with van der Waals surface area (Å²) in [6.45, 7) is 2.65. The molecule has 0 aliphatic carbocycles. The van der Waals surface area contributed by atoms with Crippen LogP contribution in [-0.4, -0.2) is 44.7 Å². The van der Waals surface area contributed by atoms with Crippen molar-refractivity contribution in [2.75, 3.05) is 35.9 Å². The number of aromatic nitrogens is 2. The summed E-state index contributed by atoms with van der Waals surface area (Å²) in [5.41, 5.74) is 0.670. The van der Waals surface area contributed by atoms with E-state index in [4.69, 9.17) is 10.00 Å². The van der Waals surface area contributed by atoms with Crippen molar-refractivity contribution in [1.82, 2.24) is 9.97 Å². The minimum atomic E-state index is -3.75. The zero-order valence-corrected chi connectivity index (χ0v) is 13.5. The lowest BCUT2D eigenvalue weighted by molar-refractivity contribution is 0.122. The Bertz CT molecular complexity index is 838. The molecular weight excluding hydrogens is 330 g/mol. The van der Waals surface area contributed by atoms with Gasteiger partial charge in [0.2, 0.25) is 5.95 Å². The number of hydrogen-bond acceptors (Lipinski definition) is 7. The van der Waals surface area contributed by atoms with E-state index in [0.717, 1.165) is 0 Å². The summed E-state index contributed by atoms with van der Waals surface area (Å²) in [6.07, 6.45) is 2.86. The lowest BCUT2D eigenvalue weighted by Crippen LogP contribution is -2.37. The maximum absolute atomic E-state index is 12.3. The first-order valence-corrected chi connectivity index (χ1v) is 8.74. The number of nitrogens with zero attached hydrogens (tertiary/aromatic N) is 4. The number of ether oxygens (including phenoxy) is 1. The van der Waals surface area contributed by atoms with E-state index in [9.17, 15) is 8.42 Å². The summed E-state index contributed by atoms with van der Waals surface area (Å²) in [5.74, 6) is 0.541. The molecule has 2 heterocycles. The summed E-state index contributed by atoms with van der Waals surface area (Å²) in [7, 11) is -3.75. The SMILES string of the molecule is N#Cc1ccc(S(=O)(=O)Nc2cnc(N3CCOCC3)nc2)cc1. The average Bonchev–Trinajstić information content (AvgIpc) is 2.63. The number of sulfonamides is 1. The standard InChI is InChI=1S/C15H15N5O3S/c16-9-12-1-3-14(4-2-12)24(21,22)19-13-10-17-15(18-11-13)20-5-7-23-8-6-20/h1-4,10-11,19H,5-8H2. The van der Waals surface area contributed by atoms with Gasteiger partial charge in [-0.25, -0.2) is 18.4 Å². The van der Waals surface area contributed by atoms with Crippen LogP contribution in [0.3, 0.4) is 0 Å². The number of hydrogen-bond donors (Lipinski definition) is 1. The molecule has 1 aliphatic heterocycles. The highest BCUT2D eigenvalue weighted by Crippen LogP contribution is 2.17. The van der Waals surface area contributed by atoms with Crippen molar-refractivity contribution >= 4 is 21.7 Å². The molecule has 24 heavy (non-hydrogen) atoms. The number of rotatable bonds is 4. The van der Waals surface area contributed by atoms with Crippen molar-refractivity contribution in [3.63, 3.8) is 0 Å². The van der Waals surface area contributed by atoms with Gasteiger partial charge >= 0.3 is 0 Å². The van der Waals surface area contributed by atoms with Crippen LogP contribution in [0.2, 0.25) is 0 Å². The predicted octanol–water partition coefficient (Wildman–Crippen LogP) is 0.986. The van der Waals surface area contributed by atoms with Gasteiger partial charge in [-0.15, -0.1) is 0 Å². The van der Waals surface area contributed by atoms with Gasteiger partial charge in [0.25, 0.3) is 10.0 Å². The molecule has 0 amide bonds. The minimum absolute atomic E-state index is 0.0683. The first-order valence-electron chi connectivity index (χ1n) is 7.26. The summed E-state index contributed by atoms with van der Waals surface area (Å²) in [5, 5.41) is 8.76. The van der Waals surface area contributed by atoms with Crippen LogP contribution in [0.1, 0.15) is 5.56 Å². The Morgan fingerprint density at radius 2 is 1.75 bits per heavy atom. The summed E-state index contributed by atoms with van der Waals surface area (Å²) >= 11 is 0. The van der Waals surface area contributed by atoms with Crippen LogP contribution in [-0.2, 0) is 14.8 Å². The van der Waals surface area contributed by atoms with Crippen molar-refractivity contribution in [3.05, 3.63) is 42.2 Å². The molecule has 0 bridgehead atoms. The molecule has 8 nitrogen and oxygen atoms in total. The van der Waals surface area contributed by atoms with Crippen molar-refractivity contribution in [2.45, 2.75) is 4.90 Å². The average molecular weight is 345 g/mol. The van der Waals surface area contributed by atoms with Crippen LogP contribution in [0.5, 0.6) is 0 Å². The van der Waals surface area contributed by atoms with E-state index < -0.39 is 10.0 Å². The van der Waals surface area contributed by atoms with Crippen LogP contribution < -0.4 is 9.62 Å². The van der Waals surface area contributed by atoms with E-state index in [-0.39, 0.29) is 10.6 Å². The monoisotopic (exact) mass is 345 g/mol. The molecule has 2 aromatic rings. The topological polar surface area (TPSA) is 108 Å². The highest BCUT2D eigenvalue weighted by molar-refractivity contribution is 7.92. The molecule has 1 fully saturated rings. The quantitative estimate of drug-likeness (QED) is 0.880. The number of nitrogens with one attached hydrogen (secondary N) is 1. The van der Waals surface area contributed by atoms with Gasteiger partial charge in [-0.3, -0.25) is 4.72 Å². The van der Waals surface area contributed by atoms with Crippen LogP contribution >= 0.6 is 0 Å². The van der Waals surface area contributed by atoms with Crippen molar-refractivity contribution < 1.29 is 13.2 Å². The highest BCUT2D eigenvalue weighted by atomic mass is 32.2. The highest BCUT2D eigenvalue weighted by Gasteiger charge is 2.16. The predicted molar refractivity (Wildman–Crippen MR) is 87.0 cm³/mol. The third-order valence-electron chi connectivity index (χ3n) is 3.48. The van der Waals surface area contributed by atoms with E-state index in [1.165, 1.54) is 36.7 Å². The van der Waals surface area contributed by atoms with Gasteiger partial charge in [0.15, 0.2) is 0 Å². The lowest BCUT2D eigenvalue weighted by atomic mass is 10.2. The molecule has 0 atom stereocenters. The fourth-order valence-corrected chi connectivity index (χ4v) is 3.25. The molecule has 9 heteroatoms. The molecule has 1 N–H and O–H groups in total. The minimum Gasteiger partial charge on any atom is -0.378 e. The summed E-state index contributed by atoms with van der Waals surface area (Å²) < 4.78 is 32.3. The Balaban J connectivity index is 1.73. The zero-order chi connectivity index (χ0) is 17.0. The largest absolute Gasteiger partial charge is 0.378 e. The second-order valence-corrected chi connectivity index (χ2v) is 6.80. The smallest absolute Gasteiger partial charge is 0.261 e. The fourth-order valence-electron chi connectivity index (χ4n) is 2.22. The first kappa shape index (κ1) is 16.2. The second kappa shape index (κ2) is 6.82. The Morgan fingerprint density at radius 3 is 2.33 bits per heavy atom. The molecular formula is C15H15N5O3S. The lowest BCUT2D eigenvalue weighted by Gasteiger charge is -2.26. The van der Waals surface area contributed by atoms with Gasteiger partial charge in [-0.2, -0.15) is 5.26 Å². The van der Waals surface area contributed by atoms with Crippen molar-refractivity contribution in [1.29, 1.82) is 5.26 Å². The third-order valence-corrected chi connectivity index (χ3v) is 4.88. The number of anilines is 2. The maximum Gasteiger partial charge on any atom is 0.261 e. The number of benzene rings is 1.